The summed E-state index contributed by atoms with van der Waals surface area (Å²) in [5.74, 6) is 0.969. The smallest absolute Gasteiger partial charge is 0.262 e. The Bertz CT molecular complexity index is 1010. The molecule has 0 bridgehead atoms. The molecule has 7 heteroatoms. The summed E-state index contributed by atoms with van der Waals surface area (Å²) < 4.78 is 38.7. The van der Waals surface area contributed by atoms with Gasteiger partial charge in [-0.25, -0.2) is 8.42 Å². The Hall–Kier alpha value is -2.80. The Morgan fingerprint density at radius 2 is 1.84 bits per heavy atom. The van der Waals surface area contributed by atoms with Crippen molar-refractivity contribution < 1.29 is 17.7 Å². The summed E-state index contributed by atoms with van der Waals surface area (Å²) in [5.41, 5.74) is 2.38. The van der Waals surface area contributed by atoms with Crippen LogP contribution in [-0.2, 0) is 10.0 Å². The number of methoxy groups -OCH3 is 1. The van der Waals surface area contributed by atoms with Crippen LogP contribution in [0.3, 0.4) is 0 Å². The number of sulfonamides is 1. The van der Waals surface area contributed by atoms with Crippen molar-refractivity contribution >= 4 is 15.7 Å². The molecule has 0 fully saturated rings. The Balaban J connectivity index is 2.02. The molecule has 1 heterocycles. The van der Waals surface area contributed by atoms with Crippen LogP contribution in [0.5, 0.6) is 5.75 Å². The van der Waals surface area contributed by atoms with Crippen LogP contribution in [0.4, 0.5) is 5.69 Å². The number of rotatable bonds is 5. The zero-order valence-corrected chi connectivity index (χ0v) is 14.9. The number of hydrogen-bond acceptors (Lipinski definition) is 5. The molecule has 0 amide bonds. The third kappa shape index (κ3) is 3.51. The highest BCUT2D eigenvalue weighted by Gasteiger charge is 2.20. The topological polar surface area (TPSA) is 81.4 Å². The van der Waals surface area contributed by atoms with Gasteiger partial charge in [-0.1, -0.05) is 29.4 Å². The molecule has 6 nitrogen and oxygen atoms in total. The lowest BCUT2D eigenvalue weighted by atomic mass is 10.1. The summed E-state index contributed by atoms with van der Waals surface area (Å²) in [6.45, 7) is 3.55. The normalized spacial score (nSPS) is 11.3. The van der Waals surface area contributed by atoms with Crippen molar-refractivity contribution in [1.29, 1.82) is 0 Å². The van der Waals surface area contributed by atoms with Crippen molar-refractivity contribution in [3.05, 3.63) is 59.8 Å². The second-order valence-corrected chi connectivity index (χ2v) is 7.27. The monoisotopic (exact) mass is 358 g/mol. The number of para-hydroxylation sites is 2. The molecule has 130 valence electrons. The lowest BCUT2D eigenvalue weighted by molar-refractivity contribution is 0.417. The van der Waals surface area contributed by atoms with Gasteiger partial charge in [0.2, 0.25) is 0 Å². The Labute approximate surface area is 146 Å². The van der Waals surface area contributed by atoms with Gasteiger partial charge in [0, 0.05) is 11.6 Å². The molecule has 3 aromatic rings. The number of nitrogens with one attached hydrogen (secondary N) is 1. The minimum atomic E-state index is -3.79. The molecule has 0 atom stereocenters. The van der Waals surface area contributed by atoms with Gasteiger partial charge >= 0.3 is 0 Å². The molecule has 0 aliphatic heterocycles. The molecule has 1 N–H and O–H groups in total. The van der Waals surface area contributed by atoms with Crippen molar-refractivity contribution in [3.8, 4) is 17.1 Å². The Kier molecular flexibility index (Phi) is 4.50. The molecule has 0 radical (unpaired) electrons. The van der Waals surface area contributed by atoms with Crippen molar-refractivity contribution in [3.63, 3.8) is 0 Å². The molecule has 0 spiro atoms. The molecule has 25 heavy (non-hydrogen) atoms. The molecule has 0 unspecified atom stereocenters. The van der Waals surface area contributed by atoms with E-state index in [0.29, 0.717) is 28.3 Å². The highest BCUT2D eigenvalue weighted by molar-refractivity contribution is 7.92. The maximum atomic E-state index is 12.9. The SMILES string of the molecule is COc1ccccc1NS(=O)(=O)c1cc(-c2cc(C)no2)ccc1C. The van der Waals surface area contributed by atoms with Crippen LogP contribution in [0.15, 0.2) is 57.9 Å². The fraction of sp³-hybridized carbons (Fsp3) is 0.167. The first-order chi connectivity index (χ1) is 11.9. The minimum absolute atomic E-state index is 0.171. The molecular weight excluding hydrogens is 340 g/mol. The first-order valence-electron chi connectivity index (χ1n) is 7.61. The number of nitrogens with zero attached hydrogens (tertiary/aromatic N) is 1. The average molecular weight is 358 g/mol. The van der Waals surface area contributed by atoms with Gasteiger partial charge in [-0.15, -0.1) is 0 Å². The predicted octanol–water partition coefficient (Wildman–Crippen LogP) is 3.77. The molecule has 0 saturated carbocycles. The molecule has 3 rings (SSSR count). The van der Waals surface area contributed by atoms with E-state index in [9.17, 15) is 8.42 Å². The second-order valence-electron chi connectivity index (χ2n) is 5.62. The van der Waals surface area contributed by atoms with E-state index < -0.39 is 10.0 Å². The quantitative estimate of drug-likeness (QED) is 0.751. The summed E-state index contributed by atoms with van der Waals surface area (Å²) in [6.07, 6.45) is 0. The molecule has 0 saturated heterocycles. The van der Waals surface area contributed by atoms with E-state index in [-0.39, 0.29) is 4.90 Å². The highest BCUT2D eigenvalue weighted by Crippen LogP contribution is 2.29. The number of aryl methyl sites for hydroxylation is 2. The van der Waals surface area contributed by atoms with Crippen LogP contribution in [-0.4, -0.2) is 20.7 Å². The fourth-order valence-corrected chi connectivity index (χ4v) is 3.81. The zero-order valence-electron chi connectivity index (χ0n) is 14.1. The Morgan fingerprint density at radius 1 is 1.08 bits per heavy atom. The standard InChI is InChI=1S/C18H18N2O4S/c1-12-8-9-14(17-10-13(2)19-24-17)11-18(12)25(21,22)20-15-6-4-5-7-16(15)23-3/h4-11,20H,1-3H3. The molecule has 1 aromatic heterocycles. The van der Waals surface area contributed by atoms with E-state index in [2.05, 4.69) is 9.88 Å². The third-order valence-electron chi connectivity index (χ3n) is 3.74. The number of hydrogen-bond donors (Lipinski definition) is 1. The molecule has 0 aliphatic rings. The minimum Gasteiger partial charge on any atom is -0.495 e. The maximum absolute atomic E-state index is 12.9. The van der Waals surface area contributed by atoms with Crippen LogP contribution >= 0.6 is 0 Å². The van der Waals surface area contributed by atoms with Gasteiger partial charge in [0.1, 0.15) is 5.75 Å². The highest BCUT2D eigenvalue weighted by atomic mass is 32.2. The van der Waals surface area contributed by atoms with Gasteiger partial charge in [-0.3, -0.25) is 4.72 Å². The average Bonchev–Trinajstić information content (AvgIpc) is 3.01. The van der Waals surface area contributed by atoms with Crippen molar-refractivity contribution in [1.82, 2.24) is 5.16 Å². The van der Waals surface area contributed by atoms with E-state index in [4.69, 9.17) is 9.26 Å². The van der Waals surface area contributed by atoms with E-state index in [1.807, 2.05) is 6.92 Å². The largest absolute Gasteiger partial charge is 0.495 e. The van der Waals surface area contributed by atoms with E-state index in [1.54, 1.807) is 55.5 Å². The van der Waals surface area contributed by atoms with Gasteiger partial charge in [0.25, 0.3) is 10.0 Å². The van der Waals surface area contributed by atoms with Gasteiger partial charge in [-0.05, 0) is 37.6 Å². The van der Waals surface area contributed by atoms with Crippen LogP contribution in [0.25, 0.3) is 11.3 Å². The van der Waals surface area contributed by atoms with Crippen molar-refractivity contribution in [2.24, 2.45) is 0 Å². The van der Waals surface area contributed by atoms with Gasteiger partial charge in [-0.2, -0.15) is 0 Å². The summed E-state index contributed by atoms with van der Waals surface area (Å²) in [7, 11) is -2.30. The lowest BCUT2D eigenvalue weighted by Gasteiger charge is -2.13. The van der Waals surface area contributed by atoms with Gasteiger partial charge in [0.05, 0.1) is 23.4 Å². The summed E-state index contributed by atoms with van der Waals surface area (Å²) >= 11 is 0. The number of anilines is 1. The summed E-state index contributed by atoms with van der Waals surface area (Å²) in [4.78, 5) is 0.171. The van der Waals surface area contributed by atoms with E-state index in [0.717, 1.165) is 5.69 Å². The van der Waals surface area contributed by atoms with E-state index >= 15 is 0 Å². The zero-order chi connectivity index (χ0) is 18.0. The molecule has 0 aliphatic carbocycles. The molecular formula is C18H18N2O4S. The predicted molar refractivity (Wildman–Crippen MR) is 95.2 cm³/mol. The molecule has 2 aromatic carbocycles. The second kappa shape index (κ2) is 6.60. The Morgan fingerprint density at radius 3 is 2.52 bits per heavy atom. The first kappa shape index (κ1) is 17.0. The third-order valence-corrected chi connectivity index (χ3v) is 5.25. The van der Waals surface area contributed by atoms with E-state index in [1.165, 1.54) is 7.11 Å². The van der Waals surface area contributed by atoms with Crippen LogP contribution in [0.2, 0.25) is 0 Å². The maximum Gasteiger partial charge on any atom is 0.262 e. The number of aromatic nitrogens is 1. The number of ether oxygens (including phenoxy) is 1. The van der Waals surface area contributed by atoms with Gasteiger partial charge < -0.3 is 9.26 Å². The van der Waals surface area contributed by atoms with Crippen LogP contribution in [0.1, 0.15) is 11.3 Å². The van der Waals surface area contributed by atoms with Crippen molar-refractivity contribution in [2.75, 3.05) is 11.8 Å². The fourth-order valence-electron chi connectivity index (χ4n) is 2.47. The van der Waals surface area contributed by atoms with Crippen LogP contribution in [0, 0.1) is 13.8 Å². The first-order valence-corrected chi connectivity index (χ1v) is 9.09. The lowest BCUT2D eigenvalue weighted by Crippen LogP contribution is -2.15. The van der Waals surface area contributed by atoms with Crippen molar-refractivity contribution in [2.45, 2.75) is 18.7 Å². The van der Waals surface area contributed by atoms with Gasteiger partial charge in [0.15, 0.2) is 5.76 Å². The summed E-state index contributed by atoms with van der Waals surface area (Å²) in [6, 6.07) is 13.7. The summed E-state index contributed by atoms with van der Waals surface area (Å²) in [5, 5.41) is 3.84. The van der Waals surface area contributed by atoms with Crippen LogP contribution < -0.4 is 9.46 Å². The number of benzene rings is 2.